The van der Waals surface area contributed by atoms with Crippen LogP contribution in [0.15, 0.2) is 277 Å². The molecule has 0 fully saturated rings. The van der Waals surface area contributed by atoms with Crippen LogP contribution < -0.4 is 4.90 Å². The third kappa shape index (κ3) is 5.74. The van der Waals surface area contributed by atoms with Gasteiger partial charge in [0.2, 0.25) is 0 Å². The Bertz CT molecular complexity index is 3840. The molecule has 0 aliphatic heterocycles. The Morgan fingerprint density at radius 3 is 1.29 bits per heavy atom. The maximum absolute atomic E-state index is 7.19. The van der Waals surface area contributed by atoms with Gasteiger partial charge in [0.1, 0.15) is 11.2 Å². The molecule has 12 aromatic rings. The summed E-state index contributed by atoms with van der Waals surface area (Å²) >= 11 is 0. The van der Waals surface area contributed by atoms with Gasteiger partial charge in [-0.05, 0) is 115 Å². The van der Waals surface area contributed by atoms with Gasteiger partial charge in [-0.2, -0.15) is 0 Å². The minimum Gasteiger partial charge on any atom is -0.456 e. The molecule has 14 rings (SSSR count). The van der Waals surface area contributed by atoms with E-state index in [1.165, 1.54) is 72.3 Å². The van der Waals surface area contributed by atoms with E-state index in [0.29, 0.717) is 0 Å². The van der Waals surface area contributed by atoms with Gasteiger partial charge < -0.3 is 9.32 Å². The predicted molar refractivity (Wildman–Crippen MR) is 288 cm³/mol. The summed E-state index contributed by atoms with van der Waals surface area (Å²) in [6, 6.07) is 100. The van der Waals surface area contributed by atoms with Crippen LogP contribution in [0.3, 0.4) is 0 Å². The molecule has 0 N–H and O–H groups in total. The number of rotatable bonds is 8. The van der Waals surface area contributed by atoms with Gasteiger partial charge in [0, 0.05) is 33.4 Å². The second-order valence-corrected chi connectivity index (χ2v) is 18.7. The molecule has 1 aromatic heterocycles. The van der Waals surface area contributed by atoms with Crippen molar-refractivity contribution < 1.29 is 4.42 Å². The van der Waals surface area contributed by atoms with E-state index in [4.69, 9.17) is 4.42 Å². The highest BCUT2D eigenvalue weighted by molar-refractivity contribution is 6.09. The quantitative estimate of drug-likeness (QED) is 0.151. The molecule has 0 saturated carbocycles. The van der Waals surface area contributed by atoms with Gasteiger partial charge in [-0.3, -0.25) is 0 Å². The molecule has 0 atom stereocenters. The zero-order valence-electron chi connectivity index (χ0n) is 38.3. The smallest absolute Gasteiger partial charge is 0.140 e. The molecule has 0 radical (unpaired) electrons. The summed E-state index contributed by atoms with van der Waals surface area (Å²) in [5, 5.41) is 2.15. The van der Waals surface area contributed by atoms with Crippen LogP contribution in [-0.4, -0.2) is 0 Å². The van der Waals surface area contributed by atoms with Crippen molar-refractivity contribution in [3.8, 4) is 33.4 Å². The minimum absolute atomic E-state index is 0.572. The summed E-state index contributed by atoms with van der Waals surface area (Å²) < 4.78 is 7.19. The van der Waals surface area contributed by atoms with Crippen molar-refractivity contribution in [1.82, 2.24) is 0 Å². The molecule has 0 spiro atoms. The first kappa shape index (κ1) is 40.1. The second kappa shape index (κ2) is 15.8. The minimum atomic E-state index is -0.714. The molecule has 2 heteroatoms. The van der Waals surface area contributed by atoms with E-state index in [0.717, 1.165) is 44.6 Å². The fraction of sp³-hybridized carbons (Fsp3) is 0.0294. The standard InChI is InChI=1S/C68H45NO/c1-5-21-46(22-6-1)47-37-39-51(40-38-47)69(52-41-42-57-56-31-13-17-33-60(56)67(63(57)44-52,48-23-7-2-8-24-48)49-25-9-3-10-26-49)53-43-59-58-32-16-20-36-65(58)70-66(59)64(45-53)68(50-27-11-4-12-28-50)61-34-18-14-29-54(61)55-30-15-19-35-62(55)68/h1-45H. The highest BCUT2D eigenvalue weighted by Gasteiger charge is 2.49. The molecule has 2 aliphatic rings. The zero-order valence-corrected chi connectivity index (χ0v) is 38.3. The fourth-order valence-electron chi connectivity index (χ4n) is 12.4. The third-order valence-corrected chi connectivity index (χ3v) is 15.2. The molecule has 0 unspecified atom stereocenters. The Morgan fingerprint density at radius 1 is 0.271 bits per heavy atom. The molecule has 0 bridgehead atoms. The normalized spacial score (nSPS) is 13.7. The molecule has 1 heterocycles. The lowest BCUT2D eigenvalue weighted by Crippen LogP contribution is -2.29. The zero-order chi connectivity index (χ0) is 46.2. The monoisotopic (exact) mass is 891 g/mol. The van der Waals surface area contributed by atoms with Crippen molar-refractivity contribution >= 4 is 39.0 Å². The summed E-state index contributed by atoms with van der Waals surface area (Å²) in [5.41, 5.74) is 20.7. The lowest BCUT2D eigenvalue weighted by molar-refractivity contribution is 0.648. The molecular weight excluding hydrogens is 847 g/mol. The van der Waals surface area contributed by atoms with Crippen molar-refractivity contribution in [2.45, 2.75) is 10.8 Å². The number of anilines is 3. The lowest BCUT2D eigenvalue weighted by atomic mass is 9.67. The number of para-hydroxylation sites is 1. The van der Waals surface area contributed by atoms with Crippen molar-refractivity contribution in [3.05, 3.63) is 317 Å². The number of fused-ring (bicyclic) bond motifs is 9. The molecule has 2 nitrogen and oxygen atoms in total. The van der Waals surface area contributed by atoms with Crippen LogP contribution in [0.25, 0.3) is 55.3 Å². The molecule has 2 aliphatic carbocycles. The summed E-state index contributed by atoms with van der Waals surface area (Å²) in [6.07, 6.45) is 0. The van der Waals surface area contributed by atoms with Crippen LogP contribution >= 0.6 is 0 Å². The number of nitrogens with zero attached hydrogens (tertiary/aromatic N) is 1. The van der Waals surface area contributed by atoms with Gasteiger partial charge in [0.25, 0.3) is 0 Å². The average Bonchev–Trinajstić information content (AvgIpc) is 4.07. The van der Waals surface area contributed by atoms with Gasteiger partial charge in [-0.25, -0.2) is 0 Å². The maximum Gasteiger partial charge on any atom is 0.140 e. The number of hydrogen-bond acceptors (Lipinski definition) is 2. The summed E-state index contributed by atoms with van der Waals surface area (Å²) in [6.45, 7) is 0. The van der Waals surface area contributed by atoms with E-state index in [1.54, 1.807) is 0 Å². The van der Waals surface area contributed by atoms with E-state index in [1.807, 2.05) is 0 Å². The van der Waals surface area contributed by atoms with Gasteiger partial charge in [-0.1, -0.05) is 231 Å². The first-order chi connectivity index (χ1) is 34.7. The fourth-order valence-corrected chi connectivity index (χ4v) is 12.4. The van der Waals surface area contributed by atoms with E-state index >= 15 is 0 Å². The highest BCUT2D eigenvalue weighted by atomic mass is 16.3. The average molecular weight is 892 g/mol. The maximum atomic E-state index is 7.19. The Hall–Kier alpha value is -8.98. The van der Waals surface area contributed by atoms with Crippen molar-refractivity contribution in [1.29, 1.82) is 0 Å². The van der Waals surface area contributed by atoms with Crippen LogP contribution in [-0.2, 0) is 10.8 Å². The van der Waals surface area contributed by atoms with Crippen LogP contribution in [0.1, 0.15) is 44.5 Å². The van der Waals surface area contributed by atoms with Gasteiger partial charge in [-0.15, -0.1) is 0 Å². The Morgan fingerprint density at radius 2 is 0.700 bits per heavy atom. The van der Waals surface area contributed by atoms with Crippen molar-refractivity contribution in [3.63, 3.8) is 0 Å². The van der Waals surface area contributed by atoms with Crippen molar-refractivity contribution in [2.24, 2.45) is 0 Å². The highest BCUT2D eigenvalue weighted by Crippen LogP contribution is 2.60. The van der Waals surface area contributed by atoms with E-state index < -0.39 is 10.8 Å². The Kier molecular flexibility index (Phi) is 9.06. The first-order valence-corrected chi connectivity index (χ1v) is 24.2. The topological polar surface area (TPSA) is 16.4 Å². The van der Waals surface area contributed by atoms with Gasteiger partial charge in [0.05, 0.1) is 10.8 Å². The van der Waals surface area contributed by atoms with Crippen molar-refractivity contribution in [2.75, 3.05) is 4.90 Å². The third-order valence-electron chi connectivity index (χ3n) is 15.2. The van der Waals surface area contributed by atoms with E-state index in [-0.39, 0.29) is 0 Å². The molecule has 328 valence electrons. The van der Waals surface area contributed by atoms with Crippen LogP contribution in [0.2, 0.25) is 0 Å². The Labute approximate surface area is 408 Å². The largest absolute Gasteiger partial charge is 0.456 e. The predicted octanol–water partition coefficient (Wildman–Crippen LogP) is 17.4. The number of furan rings is 1. The van der Waals surface area contributed by atoms with E-state index in [2.05, 4.69) is 278 Å². The Balaban J connectivity index is 1.10. The summed E-state index contributed by atoms with van der Waals surface area (Å²) in [4.78, 5) is 2.48. The molecule has 0 amide bonds. The number of hydrogen-bond donors (Lipinski definition) is 0. The second-order valence-electron chi connectivity index (χ2n) is 18.7. The molecule has 0 saturated heterocycles. The van der Waals surface area contributed by atoms with Gasteiger partial charge in [0.15, 0.2) is 0 Å². The molecular formula is C68H45NO. The summed E-state index contributed by atoms with van der Waals surface area (Å²) in [7, 11) is 0. The number of benzene rings is 11. The van der Waals surface area contributed by atoms with Crippen LogP contribution in [0.4, 0.5) is 17.1 Å². The lowest BCUT2D eigenvalue weighted by Gasteiger charge is -2.36. The first-order valence-electron chi connectivity index (χ1n) is 24.2. The van der Waals surface area contributed by atoms with Gasteiger partial charge >= 0.3 is 0 Å². The molecule has 70 heavy (non-hydrogen) atoms. The SMILES string of the molecule is c1ccc(-c2ccc(N(c3ccc4c(c3)C(c3ccccc3)(c3ccccc3)c3ccccc3-4)c3cc(C4(c5ccccc5)c5ccccc5-c5ccccc54)c4oc5ccccc5c4c3)cc2)cc1. The van der Waals surface area contributed by atoms with Crippen LogP contribution in [0, 0.1) is 0 Å². The summed E-state index contributed by atoms with van der Waals surface area (Å²) in [5.74, 6) is 0. The molecule has 11 aromatic carbocycles. The van der Waals surface area contributed by atoms with E-state index in [9.17, 15) is 0 Å². The van der Waals surface area contributed by atoms with Crippen LogP contribution in [0.5, 0.6) is 0 Å².